The number of carboxylic acid groups (broad SMARTS) is 1. The molecular formula is C15H23N3O4Se. The number of rotatable bonds is 11. The first-order valence-corrected chi connectivity index (χ1v) is 9.63. The first kappa shape index (κ1) is 19.6. The number of hydrogen-bond acceptors (Lipinski definition) is 6. The molecule has 1 aromatic carbocycles. The molecule has 0 saturated carbocycles. The number of carbonyl (C=O) groups is 2. The van der Waals surface area contributed by atoms with Gasteiger partial charge in [-0.2, -0.15) is 0 Å². The minimum atomic E-state index is -1.64. The molecule has 128 valence electrons. The van der Waals surface area contributed by atoms with Crippen molar-refractivity contribution in [3.8, 4) is 0 Å². The monoisotopic (exact) mass is 389 g/mol. The Morgan fingerprint density at radius 2 is 1.91 bits per heavy atom. The van der Waals surface area contributed by atoms with E-state index in [2.05, 4.69) is 5.32 Å². The second-order valence-electron chi connectivity index (χ2n) is 5.04. The number of ether oxygens (including phenoxy) is 1. The molecule has 7 nitrogen and oxygen atoms in total. The van der Waals surface area contributed by atoms with Crippen molar-refractivity contribution in [1.29, 1.82) is 0 Å². The van der Waals surface area contributed by atoms with Crippen molar-refractivity contribution >= 4 is 26.9 Å². The summed E-state index contributed by atoms with van der Waals surface area (Å²) in [6.45, 7) is 1.51. The van der Waals surface area contributed by atoms with E-state index in [0.717, 1.165) is 10.9 Å². The van der Waals surface area contributed by atoms with E-state index in [-0.39, 0.29) is 32.9 Å². The van der Waals surface area contributed by atoms with Crippen LogP contribution in [0.1, 0.15) is 12.0 Å². The van der Waals surface area contributed by atoms with Crippen LogP contribution >= 0.6 is 0 Å². The molecule has 0 unspecified atom stereocenters. The van der Waals surface area contributed by atoms with Gasteiger partial charge in [-0.25, -0.2) is 0 Å². The summed E-state index contributed by atoms with van der Waals surface area (Å²) in [6.07, 6.45) is 0.298. The van der Waals surface area contributed by atoms with Crippen molar-refractivity contribution in [2.45, 2.75) is 29.3 Å². The quantitative estimate of drug-likeness (QED) is 0.181. The zero-order valence-electron chi connectivity index (χ0n) is 12.9. The Morgan fingerprint density at radius 1 is 1.22 bits per heavy atom. The van der Waals surface area contributed by atoms with Gasteiger partial charge in [0.2, 0.25) is 0 Å². The zero-order chi connectivity index (χ0) is 17.1. The second-order valence-corrected chi connectivity index (χ2v) is 7.36. The first-order chi connectivity index (χ1) is 10.9. The minimum absolute atomic E-state index is 0.0444. The Labute approximate surface area is 141 Å². The average molecular weight is 388 g/mol. The predicted molar refractivity (Wildman–Crippen MR) is 87.8 cm³/mol. The Balaban J connectivity index is 2.00. The fraction of sp³-hybridized carbons (Fsp3) is 0.467. The molecule has 0 fully saturated rings. The molecule has 23 heavy (non-hydrogen) atoms. The van der Waals surface area contributed by atoms with Crippen molar-refractivity contribution in [2.75, 3.05) is 13.1 Å². The first-order valence-electron chi connectivity index (χ1n) is 7.21. The summed E-state index contributed by atoms with van der Waals surface area (Å²) in [5.74, 6) is -1.44. The van der Waals surface area contributed by atoms with Crippen LogP contribution in [0, 0.1) is 0 Å². The summed E-state index contributed by atoms with van der Waals surface area (Å²) in [4.78, 5) is 22.3. The second kappa shape index (κ2) is 10.4. The molecule has 0 bridgehead atoms. The van der Waals surface area contributed by atoms with Gasteiger partial charge < -0.3 is 0 Å². The Hall–Kier alpha value is -1.44. The number of hydrogen-bond donors (Lipinski definition) is 4. The summed E-state index contributed by atoms with van der Waals surface area (Å²) >= 11 is 0.0444. The maximum atomic E-state index is 11.6. The summed E-state index contributed by atoms with van der Waals surface area (Å²) < 4.78 is 5.15. The maximum absolute atomic E-state index is 11.6. The number of nitrogens with two attached hydrogens (primary N) is 2. The number of benzene rings is 1. The van der Waals surface area contributed by atoms with Crippen LogP contribution < -0.4 is 16.8 Å². The molecule has 0 radical (unpaired) electrons. The van der Waals surface area contributed by atoms with Gasteiger partial charge >= 0.3 is 141 Å². The van der Waals surface area contributed by atoms with Gasteiger partial charge in [0.15, 0.2) is 0 Å². The van der Waals surface area contributed by atoms with Crippen molar-refractivity contribution in [3.63, 3.8) is 0 Å². The van der Waals surface area contributed by atoms with Gasteiger partial charge in [0, 0.05) is 0 Å². The molecule has 0 heterocycles. The molecule has 0 atom stereocenters. The molecule has 1 rings (SSSR count). The van der Waals surface area contributed by atoms with E-state index in [1.54, 1.807) is 0 Å². The van der Waals surface area contributed by atoms with Crippen LogP contribution in [0.15, 0.2) is 30.3 Å². The molecule has 0 aliphatic heterocycles. The Morgan fingerprint density at radius 3 is 2.57 bits per heavy atom. The van der Waals surface area contributed by atoms with E-state index in [0.29, 0.717) is 19.5 Å². The summed E-state index contributed by atoms with van der Waals surface area (Å²) in [6, 6.07) is 9.51. The fourth-order valence-corrected chi connectivity index (χ4v) is 3.45. The van der Waals surface area contributed by atoms with Crippen LogP contribution in [0.4, 0.5) is 0 Å². The molecule has 1 aromatic rings. The normalized spacial score (nSPS) is 11.2. The van der Waals surface area contributed by atoms with Crippen LogP contribution in [-0.4, -0.2) is 50.8 Å². The van der Waals surface area contributed by atoms with Crippen molar-refractivity contribution in [1.82, 2.24) is 5.32 Å². The number of carboxylic acids is 1. The molecule has 6 N–H and O–H groups in total. The van der Waals surface area contributed by atoms with E-state index in [4.69, 9.17) is 21.3 Å². The average Bonchev–Trinajstić information content (AvgIpc) is 2.52. The molecular weight excluding hydrogens is 365 g/mol. The predicted octanol–water partition coefficient (Wildman–Crippen LogP) is -0.0514. The van der Waals surface area contributed by atoms with Gasteiger partial charge in [-0.1, -0.05) is 0 Å². The summed E-state index contributed by atoms with van der Waals surface area (Å²) in [7, 11) is 0. The van der Waals surface area contributed by atoms with Gasteiger partial charge in [0.1, 0.15) is 0 Å². The number of aliphatic carboxylic acids is 1. The fourth-order valence-electron chi connectivity index (χ4n) is 1.57. The van der Waals surface area contributed by atoms with Gasteiger partial charge in [0.05, 0.1) is 0 Å². The number of carbonyl (C=O) groups excluding carboxylic acids is 1. The molecule has 0 aliphatic carbocycles. The van der Waals surface area contributed by atoms with Crippen LogP contribution in [0.25, 0.3) is 0 Å². The van der Waals surface area contributed by atoms with Crippen molar-refractivity contribution in [2.24, 2.45) is 11.5 Å². The van der Waals surface area contributed by atoms with E-state index in [1.165, 1.54) is 0 Å². The van der Waals surface area contributed by atoms with Gasteiger partial charge in [-0.3, -0.25) is 0 Å². The van der Waals surface area contributed by atoms with Crippen molar-refractivity contribution < 1.29 is 19.4 Å². The Bertz CT molecular complexity index is 497. The van der Waals surface area contributed by atoms with Crippen LogP contribution in [0.2, 0.25) is 10.6 Å². The molecule has 8 heteroatoms. The van der Waals surface area contributed by atoms with Crippen LogP contribution in [0.5, 0.6) is 0 Å². The topological polar surface area (TPSA) is 128 Å². The number of esters is 1. The standard InChI is InChI=1S/C15H23N3O4Se/c16-15(17,14(20)21)11-23-9-8-18-7-6-13(19)22-10-12-4-2-1-3-5-12/h1-5,18H,6-11,16-17H2,(H,20,21). The van der Waals surface area contributed by atoms with Gasteiger partial charge in [-0.05, 0) is 0 Å². The molecule has 0 amide bonds. The zero-order valence-corrected chi connectivity index (χ0v) is 14.6. The Kier molecular flexibility index (Phi) is 8.83. The molecule has 0 saturated heterocycles. The third kappa shape index (κ3) is 8.68. The van der Waals surface area contributed by atoms with E-state index in [9.17, 15) is 9.59 Å². The number of nitrogens with one attached hydrogen (secondary N) is 1. The van der Waals surface area contributed by atoms with Gasteiger partial charge in [0.25, 0.3) is 0 Å². The third-order valence-electron chi connectivity index (χ3n) is 2.91. The van der Waals surface area contributed by atoms with Crippen LogP contribution in [-0.2, 0) is 20.9 Å². The molecule has 0 aromatic heterocycles. The van der Waals surface area contributed by atoms with E-state index >= 15 is 0 Å². The summed E-state index contributed by atoms with van der Waals surface area (Å²) in [5, 5.41) is 13.0. The summed E-state index contributed by atoms with van der Waals surface area (Å²) in [5.41, 5.74) is 10.2. The molecule has 0 aliphatic rings. The SMILES string of the molecule is NC(N)(C[Se]CCNCCC(=O)OCc1ccccc1)C(=O)O. The van der Waals surface area contributed by atoms with E-state index < -0.39 is 11.6 Å². The third-order valence-corrected chi connectivity index (χ3v) is 5.38. The van der Waals surface area contributed by atoms with Crippen molar-refractivity contribution in [3.05, 3.63) is 35.9 Å². The molecule has 0 spiro atoms. The van der Waals surface area contributed by atoms with Crippen LogP contribution in [0.3, 0.4) is 0 Å². The van der Waals surface area contributed by atoms with Gasteiger partial charge in [-0.15, -0.1) is 0 Å². The van der Waals surface area contributed by atoms with E-state index in [1.807, 2.05) is 30.3 Å².